The zero-order valence-electron chi connectivity index (χ0n) is 12.5. The summed E-state index contributed by atoms with van der Waals surface area (Å²) in [4.78, 5) is 4.83. The van der Waals surface area contributed by atoms with Crippen LogP contribution in [0.1, 0.15) is 38.5 Å². The van der Waals surface area contributed by atoms with Crippen LogP contribution in [0.25, 0.3) is 0 Å². The molecule has 19 heavy (non-hydrogen) atoms. The normalized spacial score (nSPS) is 24.6. The van der Waals surface area contributed by atoms with E-state index in [1.807, 2.05) is 0 Å². The molecule has 2 aliphatic carbocycles. The van der Waals surface area contributed by atoms with Crippen LogP contribution in [-0.2, 0) is 0 Å². The molecule has 2 saturated carbocycles. The lowest BCUT2D eigenvalue weighted by atomic mass is 9.75. The second-order valence-electron chi connectivity index (χ2n) is 6.91. The molecule has 0 unspecified atom stereocenters. The fraction of sp³-hybridized carbons (Fsp3) is 0.929. The standard InChI is InChI=1S/C14H28N4O/c1-17(2)14(5-4-6-14)11-18(3)10-13(7-8-13)9-12(15)16-19/h19H,4-11H2,1-3H3,(H2,15,16). The summed E-state index contributed by atoms with van der Waals surface area (Å²) < 4.78 is 0. The Labute approximate surface area is 116 Å². The van der Waals surface area contributed by atoms with Gasteiger partial charge in [-0.25, -0.2) is 0 Å². The number of nitrogens with zero attached hydrogens (tertiary/aromatic N) is 3. The van der Waals surface area contributed by atoms with Gasteiger partial charge < -0.3 is 20.7 Å². The van der Waals surface area contributed by atoms with Crippen molar-refractivity contribution in [1.29, 1.82) is 0 Å². The molecule has 110 valence electrons. The van der Waals surface area contributed by atoms with Crippen LogP contribution in [-0.4, -0.2) is 60.6 Å². The molecule has 3 N–H and O–H groups in total. The Bertz CT molecular complexity index is 345. The van der Waals surface area contributed by atoms with E-state index in [1.165, 1.54) is 32.1 Å². The Morgan fingerprint density at radius 1 is 1.16 bits per heavy atom. The summed E-state index contributed by atoms with van der Waals surface area (Å²) in [7, 11) is 6.59. The maximum atomic E-state index is 8.71. The van der Waals surface area contributed by atoms with Crippen molar-refractivity contribution >= 4 is 5.84 Å². The highest BCUT2D eigenvalue weighted by atomic mass is 16.4. The first-order valence-electron chi connectivity index (χ1n) is 7.24. The molecular weight excluding hydrogens is 240 g/mol. The minimum atomic E-state index is 0.266. The van der Waals surface area contributed by atoms with E-state index in [1.54, 1.807) is 0 Å². The highest BCUT2D eigenvalue weighted by Crippen LogP contribution is 2.49. The van der Waals surface area contributed by atoms with E-state index in [9.17, 15) is 0 Å². The molecule has 0 heterocycles. The maximum absolute atomic E-state index is 8.71. The topological polar surface area (TPSA) is 65.1 Å². The van der Waals surface area contributed by atoms with Crippen molar-refractivity contribution in [2.45, 2.75) is 44.1 Å². The molecule has 5 heteroatoms. The zero-order chi connectivity index (χ0) is 14.1. The number of hydrogen-bond acceptors (Lipinski definition) is 4. The molecule has 0 saturated heterocycles. The maximum Gasteiger partial charge on any atom is 0.139 e. The zero-order valence-corrected chi connectivity index (χ0v) is 12.5. The van der Waals surface area contributed by atoms with Gasteiger partial charge in [0.15, 0.2) is 0 Å². The first-order valence-corrected chi connectivity index (χ1v) is 7.24. The van der Waals surface area contributed by atoms with E-state index in [2.05, 4.69) is 36.1 Å². The van der Waals surface area contributed by atoms with Crippen molar-refractivity contribution in [3.05, 3.63) is 0 Å². The third-order valence-corrected chi connectivity index (χ3v) is 5.04. The summed E-state index contributed by atoms with van der Waals surface area (Å²) in [5.74, 6) is 0.372. The van der Waals surface area contributed by atoms with E-state index < -0.39 is 0 Å². The minimum Gasteiger partial charge on any atom is -0.409 e. The van der Waals surface area contributed by atoms with Gasteiger partial charge in [-0.05, 0) is 58.7 Å². The summed E-state index contributed by atoms with van der Waals surface area (Å²) in [6, 6.07) is 0. The van der Waals surface area contributed by atoms with Gasteiger partial charge in [0, 0.05) is 25.0 Å². The van der Waals surface area contributed by atoms with Crippen LogP contribution in [0.4, 0.5) is 0 Å². The molecule has 0 aromatic carbocycles. The van der Waals surface area contributed by atoms with Crippen molar-refractivity contribution in [3.8, 4) is 0 Å². The third kappa shape index (κ3) is 3.20. The average Bonchev–Trinajstić information content (AvgIpc) is 3.02. The van der Waals surface area contributed by atoms with Gasteiger partial charge in [0.2, 0.25) is 0 Å². The van der Waals surface area contributed by atoms with Gasteiger partial charge >= 0.3 is 0 Å². The van der Waals surface area contributed by atoms with Gasteiger partial charge in [0.25, 0.3) is 0 Å². The van der Waals surface area contributed by atoms with Crippen LogP contribution in [0.5, 0.6) is 0 Å². The number of nitrogens with two attached hydrogens (primary N) is 1. The van der Waals surface area contributed by atoms with Gasteiger partial charge in [-0.3, -0.25) is 0 Å². The van der Waals surface area contributed by atoms with E-state index in [4.69, 9.17) is 10.9 Å². The molecule has 5 nitrogen and oxygen atoms in total. The Hall–Kier alpha value is -0.810. The van der Waals surface area contributed by atoms with Gasteiger partial charge in [-0.2, -0.15) is 0 Å². The molecule has 2 fully saturated rings. The molecule has 0 aliphatic heterocycles. The molecule has 0 amide bonds. The number of hydrogen-bond donors (Lipinski definition) is 2. The van der Waals surface area contributed by atoms with Crippen molar-refractivity contribution in [1.82, 2.24) is 9.80 Å². The molecule has 2 rings (SSSR count). The Balaban J connectivity index is 1.86. The highest BCUT2D eigenvalue weighted by Gasteiger charge is 2.46. The van der Waals surface area contributed by atoms with Crippen LogP contribution >= 0.6 is 0 Å². The van der Waals surface area contributed by atoms with Gasteiger partial charge in [0.1, 0.15) is 5.84 Å². The van der Waals surface area contributed by atoms with Crippen LogP contribution in [0.2, 0.25) is 0 Å². The number of amidine groups is 1. The van der Waals surface area contributed by atoms with E-state index in [0.29, 0.717) is 11.4 Å². The average molecular weight is 268 g/mol. The van der Waals surface area contributed by atoms with Gasteiger partial charge in [0.05, 0.1) is 0 Å². The lowest BCUT2D eigenvalue weighted by molar-refractivity contribution is 0.0231. The summed E-state index contributed by atoms with van der Waals surface area (Å²) in [6.07, 6.45) is 7.07. The van der Waals surface area contributed by atoms with Crippen LogP contribution in [0.3, 0.4) is 0 Å². The quantitative estimate of drug-likeness (QED) is 0.316. The van der Waals surface area contributed by atoms with Crippen LogP contribution in [0, 0.1) is 5.41 Å². The number of rotatable bonds is 7. The molecule has 2 aliphatic rings. The van der Waals surface area contributed by atoms with Crippen LogP contribution in [0.15, 0.2) is 5.16 Å². The van der Waals surface area contributed by atoms with Crippen molar-refractivity contribution in [3.63, 3.8) is 0 Å². The predicted molar refractivity (Wildman–Crippen MR) is 77.5 cm³/mol. The molecule has 0 aromatic rings. The molecule has 0 radical (unpaired) electrons. The Kier molecular flexibility index (Phi) is 4.06. The van der Waals surface area contributed by atoms with Gasteiger partial charge in [-0.15, -0.1) is 0 Å². The summed E-state index contributed by atoms with van der Waals surface area (Å²) in [5, 5.41) is 11.8. The fourth-order valence-electron chi connectivity index (χ4n) is 3.45. The Morgan fingerprint density at radius 3 is 2.16 bits per heavy atom. The van der Waals surface area contributed by atoms with Crippen molar-refractivity contribution in [2.24, 2.45) is 16.3 Å². The minimum absolute atomic E-state index is 0.266. The van der Waals surface area contributed by atoms with Crippen LogP contribution < -0.4 is 5.73 Å². The summed E-state index contributed by atoms with van der Waals surface area (Å²) in [5.41, 5.74) is 6.30. The second kappa shape index (κ2) is 5.29. The predicted octanol–water partition coefficient (Wildman–Crippen LogP) is 1.32. The van der Waals surface area contributed by atoms with Crippen molar-refractivity contribution in [2.75, 3.05) is 34.2 Å². The van der Waals surface area contributed by atoms with Crippen molar-refractivity contribution < 1.29 is 5.21 Å². The second-order valence-corrected chi connectivity index (χ2v) is 6.91. The molecule has 0 spiro atoms. The largest absolute Gasteiger partial charge is 0.409 e. The summed E-state index contributed by atoms with van der Waals surface area (Å²) >= 11 is 0. The molecule has 0 aromatic heterocycles. The summed E-state index contributed by atoms with van der Waals surface area (Å²) in [6.45, 7) is 2.18. The fourth-order valence-corrected chi connectivity index (χ4v) is 3.45. The monoisotopic (exact) mass is 268 g/mol. The SMILES string of the molecule is CN(CC1(CC(N)=NO)CC1)CC1(N(C)C)CCC1. The van der Waals surface area contributed by atoms with Gasteiger partial charge in [-0.1, -0.05) is 5.16 Å². The van der Waals surface area contributed by atoms with E-state index >= 15 is 0 Å². The number of oxime groups is 1. The molecule has 0 atom stereocenters. The lowest BCUT2D eigenvalue weighted by Gasteiger charge is -2.49. The highest BCUT2D eigenvalue weighted by molar-refractivity contribution is 5.80. The first-order chi connectivity index (χ1) is 8.91. The smallest absolute Gasteiger partial charge is 0.139 e. The Morgan fingerprint density at radius 2 is 1.79 bits per heavy atom. The van der Waals surface area contributed by atoms with E-state index in [0.717, 1.165) is 19.5 Å². The third-order valence-electron chi connectivity index (χ3n) is 5.04. The molecular formula is C14H28N4O. The number of likely N-dealkylation sites (N-methyl/N-ethyl adjacent to an activating group) is 2. The molecule has 0 bridgehead atoms. The lowest BCUT2D eigenvalue weighted by Crippen LogP contribution is -2.57. The first kappa shape index (κ1) is 14.6. The van der Waals surface area contributed by atoms with E-state index in [-0.39, 0.29) is 5.41 Å².